The molecule has 7 heteroatoms. The minimum atomic E-state index is -3.44. The molecule has 0 unspecified atom stereocenters. The number of anilines is 1. The molecule has 0 aliphatic carbocycles. The molecule has 0 saturated heterocycles. The molecular formula is C26H23ClN2O3S. The number of sulfone groups is 1. The minimum absolute atomic E-state index is 0.160. The SMILES string of the molecule is Cc1ccc(-c2cc(S(C)(=O)=O)ccc2C(=O)Nc2ccc(Cl)c(-c3ccc[nH]3)c2)cc1C. The van der Waals surface area contributed by atoms with Gasteiger partial charge in [0.25, 0.3) is 5.91 Å². The molecule has 1 amide bonds. The third kappa shape index (κ3) is 4.87. The molecular weight excluding hydrogens is 456 g/mol. The number of H-pyrrole nitrogens is 1. The summed E-state index contributed by atoms with van der Waals surface area (Å²) >= 11 is 6.34. The summed E-state index contributed by atoms with van der Waals surface area (Å²) in [6, 6.07) is 19.4. The number of amides is 1. The molecule has 0 aliphatic heterocycles. The van der Waals surface area contributed by atoms with Gasteiger partial charge in [0.05, 0.1) is 9.92 Å². The molecule has 0 atom stereocenters. The molecule has 168 valence electrons. The predicted molar refractivity (Wildman–Crippen MR) is 134 cm³/mol. The van der Waals surface area contributed by atoms with Gasteiger partial charge in [-0.3, -0.25) is 4.79 Å². The van der Waals surface area contributed by atoms with Gasteiger partial charge < -0.3 is 10.3 Å². The Morgan fingerprint density at radius 1 is 0.909 bits per heavy atom. The molecule has 4 aromatic rings. The van der Waals surface area contributed by atoms with Crippen LogP contribution in [-0.4, -0.2) is 25.6 Å². The Labute approximate surface area is 198 Å². The lowest BCUT2D eigenvalue weighted by atomic mass is 9.96. The number of hydrogen-bond acceptors (Lipinski definition) is 3. The summed E-state index contributed by atoms with van der Waals surface area (Å²) in [6.45, 7) is 3.98. The Morgan fingerprint density at radius 3 is 2.36 bits per heavy atom. The number of nitrogens with one attached hydrogen (secondary N) is 2. The zero-order chi connectivity index (χ0) is 23.8. The molecule has 2 N–H and O–H groups in total. The maximum atomic E-state index is 13.3. The number of halogens is 1. The molecule has 33 heavy (non-hydrogen) atoms. The summed E-state index contributed by atoms with van der Waals surface area (Å²) in [5.41, 5.74) is 6.05. The average molecular weight is 479 g/mol. The Bertz CT molecular complexity index is 1460. The van der Waals surface area contributed by atoms with Gasteiger partial charge in [-0.15, -0.1) is 0 Å². The van der Waals surface area contributed by atoms with E-state index in [2.05, 4.69) is 10.3 Å². The summed E-state index contributed by atoms with van der Waals surface area (Å²) in [7, 11) is -3.44. The van der Waals surface area contributed by atoms with Crippen LogP contribution in [0.25, 0.3) is 22.4 Å². The molecule has 3 aromatic carbocycles. The first-order valence-corrected chi connectivity index (χ1v) is 12.6. The standard InChI is InChI=1S/C26H23ClN2O3S/c1-16-6-7-18(13-17(16)2)22-15-20(33(3,31)32)9-10-21(22)26(30)29-19-8-11-24(27)23(14-19)25-5-4-12-28-25/h4-15,28H,1-3H3,(H,29,30). The van der Waals surface area contributed by atoms with Crippen LogP contribution < -0.4 is 5.32 Å². The van der Waals surface area contributed by atoms with Crippen molar-refractivity contribution in [2.24, 2.45) is 0 Å². The van der Waals surface area contributed by atoms with Gasteiger partial charge in [0.15, 0.2) is 9.84 Å². The van der Waals surface area contributed by atoms with E-state index in [0.29, 0.717) is 21.8 Å². The third-order valence-electron chi connectivity index (χ3n) is 5.59. The molecule has 5 nitrogen and oxygen atoms in total. The number of aryl methyl sites for hydroxylation is 2. The van der Waals surface area contributed by atoms with E-state index in [1.165, 1.54) is 6.07 Å². The van der Waals surface area contributed by atoms with Gasteiger partial charge in [-0.1, -0.05) is 29.8 Å². The summed E-state index contributed by atoms with van der Waals surface area (Å²) in [4.78, 5) is 16.6. The van der Waals surface area contributed by atoms with E-state index < -0.39 is 9.84 Å². The second-order valence-electron chi connectivity index (χ2n) is 8.01. The van der Waals surface area contributed by atoms with Gasteiger partial charge in [-0.2, -0.15) is 0 Å². The fourth-order valence-electron chi connectivity index (χ4n) is 3.61. The van der Waals surface area contributed by atoms with Crippen molar-refractivity contribution in [3.05, 3.63) is 94.6 Å². The molecule has 1 aromatic heterocycles. The fourth-order valence-corrected chi connectivity index (χ4v) is 4.47. The lowest BCUT2D eigenvalue weighted by Gasteiger charge is -2.14. The van der Waals surface area contributed by atoms with Gasteiger partial charge in [0.2, 0.25) is 0 Å². The van der Waals surface area contributed by atoms with Gasteiger partial charge in [-0.25, -0.2) is 8.42 Å². The quantitative estimate of drug-likeness (QED) is 0.354. The van der Waals surface area contributed by atoms with Crippen LogP contribution in [0.4, 0.5) is 5.69 Å². The zero-order valence-electron chi connectivity index (χ0n) is 18.4. The van der Waals surface area contributed by atoms with E-state index in [1.807, 2.05) is 44.2 Å². The summed E-state index contributed by atoms with van der Waals surface area (Å²) in [5.74, 6) is -0.344. The van der Waals surface area contributed by atoms with Crippen molar-refractivity contribution in [2.75, 3.05) is 11.6 Å². The van der Waals surface area contributed by atoms with Gasteiger partial charge >= 0.3 is 0 Å². The summed E-state index contributed by atoms with van der Waals surface area (Å²) in [6.07, 6.45) is 2.96. The Kier molecular flexibility index (Phi) is 6.15. The maximum Gasteiger partial charge on any atom is 0.256 e. The van der Waals surface area contributed by atoms with Crippen LogP contribution in [0.3, 0.4) is 0 Å². The molecule has 0 saturated carbocycles. The number of rotatable bonds is 5. The topological polar surface area (TPSA) is 79.0 Å². The van der Waals surface area contributed by atoms with E-state index in [9.17, 15) is 13.2 Å². The second-order valence-corrected chi connectivity index (χ2v) is 10.4. The van der Waals surface area contributed by atoms with Gasteiger partial charge in [0.1, 0.15) is 0 Å². The highest BCUT2D eigenvalue weighted by Gasteiger charge is 2.18. The van der Waals surface area contributed by atoms with Crippen molar-refractivity contribution in [1.29, 1.82) is 0 Å². The van der Waals surface area contributed by atoms with Crippen LogP contribution in [0.1, 0.15) is 21.5 Å². The average Bonchev–Trinajstić information content (AvgIpc) is 3.30. The first kappa shape index (κ1) is 22.8. The Morgan fingerprint density at radius 2 is 1.70 bits per heavy atom. The van der Waals surface area contributed by atoms with E-state index >= 15 is 0 Å². The van der Waals surface area contributed by atoms with Crippen molar-refractivity contribution in [2.45, 2.75) is 18.7 Å². The minimum Gasteiger partial charge on any atom is -0.361 e. The first-order chi connectivity index (χ1) is 15.6. The molecule has 0 spiro atoms. The smallest absolute Gasteiger partial charge is 0.256 e. The molecule has 0 aliphatic rings. The molecule has 1 heterocycles. The lowest BCUT2D eigenvalue weighted by molar-refractivity contribution is 0.102. The molecule has 0 bridgehead atoms. The lowest BCUT2D eigenvalue weighted by Crippen LogP contribution is -2.14. The number of carbonyl (C=O) groups is 1. The highest BCUT2D eigenvalue weighted by atomic mass is 35.5. The van der Waals surface area contributed by atoms with Crippen molar-refractivity contribution in [1.82, 2.24) is 4.98 Å². The second kappa shape index (κ2) is 8.89. The van der Waals surface area contributed by atoms with Gasteiger partial charge in [0, 0.05) is 35.0 Å². The number of benzene rings is 3. The normalized spacial score (nSPS) is 11.4. The number of carbonyl (C=O) groups excluding carboxylic acids is 1. The zero-order valence-corrected chi connectivity index (χ0v) is 20.0. The van der Waals surface area contributed by atoms with Crippen molar-refractivity contribution < 1.29 is 13.2 Å². The number of aromatic nitrogens is 1. The summed E-state index contributed by atoms with van der Waals surface area (Å²) in [5, 5.41) is 3.48. The van der Waals surface area contributed by atoms with Crippen LogP contribution in [-0.2, 0) is 9.84 Å². The van der Waals surface area contributed by atoms with Crippen molar-refractivity contribution in [3.8, 4) is 22.4 Å². The fraction of sp³-hybridized carbons (Fsp3) is 0.115. The number of aromatic amines is 1. The van der Waals surface area contributed by atoms with Crippen LogP contribution in [0.5, 0.6) is 0 Å². The van der Waals surface area contributed by atoms with E-state index in [1.54, 1.807) is 36.5 Å². The van der Waals surface area contributed by atoms with E-state index in [4.69, 9.17) is 11.6 Å². The van der Waals surface area contributed by atoms with Crippen molar-refractivity contribution in [3.63, 3.8) is 0 Å². The molecule has 0 radical (unpaired) electrons. The highest BCUT2D eigenvalue weighted by molar-refractivity contribution is 7.90. The highest BCUT2D eigenvalue weighted by Crippen LogP contribution is 2.32. The van der Waals surface area contributed by atoms with Crippen LogP contribution >= 0.6 is 11.6 Å². The first-order valence-electron chi connectivity index (χ1n) is 10.3. The summed E-state index contributed by atoms with van der Waals surface area (Å²) < 4.78 is 24.4. The van der Waals surface area contributed by atoms with E-state index in [0.717, 1.165) is 34.2 Å². The Balaban J connectivity index is 1.76. The molecule has 4 rings (SSSR count). The Hall–Kier alpha value is -3.35. The van der Waals surface area contributed by atoms with Crippen LogP contribution in [0, 0.1) is 13.8 Å². The van der Waals surface area contributed by atoms with Crippen LogP contribution in [0.15, 0.2) is 77.8 Å². The number of hydrogen-bond donors (Lipinski definition) is 2. The van der Waals surface area contributed by atoms with Gasteiger partial charge in [-0.05, 0) is 84.6 Å². The van der Waals surface area contributed by atoms with Crippen molar-refractivity contribution >= 4 is 33.0 Å². The largest absolute Gasteiger partial charge is 0.361 e. The van der Waals surface area contributed by atoms with E-state index in [-0.39, 0.29) is 10.8 Å². The molecule has 0 fully saturated rings. The monoisotopic (exact) mass is 478 g/mol. The van der Waals surface area contributed by atoms with Crippen LogP contribution in [0.2, 0.25) is 5.02 Å². The third-order valence-corrected chi connectivity index (χ3v) is 7.03. The maximum absolute atomic E-state index is 13.3. The predicted octanol–water partition coefficient (Wildman–Crippen LogP) is 6.27.